The minimum atomic E-state index is -0.472. The molecule has 0 saturated heterocycles. The summed E-state index contributed by atoms with van der Waals surface area (Å²) in [7, 11) is 0. The highest BCUT2D eigenvalue weighted by Crippen LogP contribution is 2.33. The van der Waals surface area contributed by atoms with Crippen LogP contribution in [0, 0.1) is 15.9 Å². The minimum Gasteiger partial charge on any atom is -0.372 e. The molecule has 0 bridgehead atoms. The lowest BCUT2D eigenvalue weighted by atomic mass is 10.1. The molecule has 3 rings (SSSR count). The second kappa shape index (κ2) is 5.68. The average molecular weight is 315 g/mol. The van der Waals surface area contributed by atoms with Gasteiger partial charge in [0.1, 0.15) is 11.9 Å². The normalized spacial score (nSPS) is 16.7. The summed E-state index contributed by atoms with van der Waals surface area (Å²) in [5.74, 6) is -0.518. The summed E-state index contributed by atoms with van der Waals surface area (Å²) in [6.07, 6.45) is 0. The maximum Gasteiger partial charge on any atom is 0.269 e. The first-order chi connectivity index (χ1) is 11.0. The number of nitro groups is 1. The summed E-state index contributed by atoms with van der Waals surface area (Å²) in [5.41, 5.74) is 1.90. The van der Waals surface area contributed by atoms with Gasteiger partial charge in [0, 0.05) is 12.1 Å². The predicted octanol–water partition coefficient (Wildman–Crippen LogP) is 3.08. The lowest BCUT2D eigenvalue weighted by Gasteiger charge is -2.34. The van der Waals surface area contributed by atoms with Gasteiger partial charge in [0.15, 0.2) is 0 Å². The van der Waals surface area contributed by atoms with Gasteiger partial charge in [0.2, 0.25) is 5.91 Å². The second-order valence-corrected chi connectivity index (χ2v) is 5.38. The zero-order chi connectivity index (χ0) is 16.6. The van der Waals surface area contributed by atoms with Crippen LogP contribution in [0.5, 0.6) is 0 Å². The zero-order valence-electron chi connectivity index (χ0n) is 12.3. The number of nitrogens with zero attached hydrogens (tertiary/aromatic N) is 2. The number of halogens is 1. The van der Waals surface area contributed by atoms with Crippen molar-refractivity contribution in [2.45, 2.75) is 19.5 Å². The van der Waals surface area contributed by atoms with Crippen LogP contribution in [0.1, 0.15) is 12.5 Å². The third-order valence-electron chi connectivity index (χ3n) is 3.75. The highest BCUT2D eigenvalue weighted by Gasteiger charge is 2.29. The lowest BCUT2D eigenvalue weighted by molar-refractivity contribution is -0.384. The molecule has 2 aromatic rings. The molecule has 23 heavy (non-hydrogen) atoms. The molecule has 1 aliphatic rings. The monoisotopic (exact) mass is 315 g/mol. The molecule has 0 radical (unpaired) electrons. The predicted molar refractivity (Wildman–Crippen MR) is 83.8 cm³/mol. The number of anilines is 2. The summed E-state index contributed by atoms with van der Waals surface area (Å²) in [6.45, 7) is 1.97. The number of nitro benzene ring substituents is 1. The van der Waals surface area contributed by atoms with E-state index in [1.54, 1.807) is 30.0 Å². The fourth-order valence-electron chi connectivity index (χ4n) is 2.58. The molecule has 1 atom stereocenters. The molecule has 1 N–H and O–H groups in total. The number of hydrogen-bond acceptors (Lipinski definition) is 4. The van der Waals surface area contributed by atoms with Crippen LogP contribution in [0.15, 0.2) is 42.5 Å². The molecule has 7 heteroatoms. The van der Waals surface area contributed by atoms with E-state index in [1.165, 1.54) is 24.3 Å². The summed E-state index contributed by atoms with van der Waals surface area (Å²) in [6, 6.07) is 9.75. The average Bonchev–Trinajstić information content (AvgIpc) is 2.52. The smallest absolute Gasteiger partial charge is 0.269 e. The summed E-state index contributed by atoms with van der Waals surface area (Å²) < 4.78 is 13.4. The van der Waals surface area contributed by atoms with E-state index in [1.807, 2.05) is 0 Å². The van der Waals surface area contributed by atoms with Crippen LogP contribution in [0.4, 0.5) is 21.5 Å². The number of rotatable bonds is 3. The fourth-order valence-corrected chi connectivity index (χ4v) is 2.58. The van der Waals surface area contributed by atoms with Crippen LogP contribution in [-0.2, 0) is 11.3 Å². The van der Waals surface area contributed by atoms with Gasteiger partial charge in [-0.2, -0.15) is 0 Å². The van der Waals surface area contributed by atoms with Crippen molar-refractivity contribution in [3.8, 4) is 0 Å². The van der Waals surface area contributed by atoms with Gasteiger partial charge >= 0.3 is 0 Å². The summed E-state index contributed by atoms with van der Waals surface area (Å²) in [5, 5.41) is 13.7. The van der Waals surface area contributed by atoms with E-state index < -0.39 is 11.0 Å². The Kier molecular flexibility index (Phi) is 3.69. The molecule has 0 saturated carbocycles. The quantitative estimate of drug-likeness (QED) is 0.697. The zero-order valence-corrected chi connectivity index (χ0v) is 12.3. The molecule has 118 valence electrons. The Morgan fingerprint density at radius 1 is 1.26 bits per heavy atom. The van der Waals surface area contributed by atoms with E-state index in [0.29, 0.717) is 11.4 Å². The number of nitrogens with one attached hydrogen (secondary N) is 1. The van der Waals surface area contributed by atoms with Crippen molar-refractivity contribution in [1.82, 2.24) is 0 Å². The van der Waals surface area contributed by atoms with Crippen LogP contribution >= 0.6 is 0 Å². The Morgan fingerprint density at radius 3 is 2.61 bits per heavy atom. The SMILES string of the molecule is CC1Nc2cc(F)ccc2N(Cc2ccc([N+](=O)[O-])cc2)C1=O. The van der Waals surface area contributed by atoms with Gasteiger partial charge in [-0.15, -0.1) is 0 Å². The molecule has 1 amide bonds. The minimum absolute atomic E-state index is 0.00349. The van der Waals surface area contributed by atoms with E-state index in [2.05, 4.69) is 5.32 Å². The molecular weight excluding hydrogens is 301 g/mol. The number of carbonyl (C=O) groups excluding carboxylic acids is 1. The van der Waals surface area contributed by atoms with Crippen molar-refractivity contribution in [1.29, 1.82) is 0 Å². The molecule has 0 aliphatic carbocycles. The van der Waals surface area contributed by atoms with E-state index in [0.717, 1.165) is 5.56 Å². The van der Waals surface area contributed by atoms with E-state index in [-0.39, 0.29) is 24.0 Å². The lowest BCUT2D eigenvalue weighted by Crippen LogP contribution is -2.45. The van der Waals surface area contributed by atoms with Gasteiger partial charge in [-0.05, 0) is 30.7 Å². The molecule has 1 unspecified atom stereocenters. The van der Waals surface area contributed by atoms with Crippen LogP contribution < -0.4 is 10.2 Å². The summed E-state index contributed by atoms with van der Waals surface area (Å²) >= 11 is 0. The number of carbonyl (C=O) groups is 1. The molecule has 0 fully saturated rings. The number of hydrogen-bond donors (Lipinski definition) is 1. The first-order valence-electron chi connectivity index (χ1n) is 7.06. The standard InChI is InChI=1S/C16H14FN3O3/c1-10-16(21)19(15-7-4-12(17)8-14(15)18-10)9-11-2-5-13(6-3-11)20(22)23/h2-8,10,18H,9H2,1H3. The molecule has 6 nitrogen and oxygen atoms in total. The molecule has 2 aromatic carbocycles. The fraction of sp³-hybridized carbons (Fsp3) is 0.188. The maximum atomic E-state index is 13.4. The van der Waals surface area contributed by atoms with Gasteiger partial charge < -0.3 is 10.2 Å². The van der Waals surface area contributed by atoms with Gasteiger partial charge in [-0.25, -0.2) is 4.39 Å². The molecule has 1 heterocycles. The van der Waals surface area contributed by atoms with Crippen molar-refractivity contribution in [2.75, 3.05) is 10.2 Å². The third kappa shape index (κ3) is 2.85. The molecule has 1 aliphatic heterocycles. The topological polar surface area (TPSA) is 75.5 Å². The van der Waals surface area contributed by atoms with Crippen molar-refractivity contribution in [3.63, 3.8) is 0 Å². The molecule has 0 aromatic heterocycles. The van der Waals surface area contributed by atoms with E-state index >= 15 is 0 Å². The Hall–Kier alpha value is -2.96. The number of amides is 1. The van der Waals surface area contributed by atoms with Crippen molar-refractivity contribution in [3.05, 3.63) is 64.0 Å². The van der Waals surface area contributed by atoms with E-state index in [4.69, 9.17) is 0 Å². The molecular formula is C16H14FN3O3. The second-order valence-electron chi connectivity index (χ2n) is 5.38. The number of benzene rings is 2. The van der Waals surface area contributed by atoms with Crippen molar-refractivity contribution < 1.29 is 14.1 Å². The Bertz CT molecular complexity index is 777. The Labute approximate surface area is 131 Å². The van der Waals surface area contributed by atoms with Gasteiger partial charge in [0.25, 0.3) is 5.69 Å². The number of fused-ring (bicyclic) bond motifs is 1. The van der Waals surface area contributed by atoms with Crippen molar-refractivity contribution >= 4 is 23.0 Å². The van der Waals surface area contributed by atoms with Crippen LogP contribution in [-0.4, -0.2) is 16.9 Å². The van der Waals surface area contributed by atoms with Crippen LogP contribution in [0.2, 0.25) is 0 Å². The Balaban J connectivity index is 1.92. The van der Waals surface area contributed by atoms with E-state index in [9.17, 15) is 19.3 Å². The largest absolute Gasteiger partial charge is 0.372 e. The van der Waals surface area contributed by atoms with Gasteiger partial charge in [-0.1, -0.05) is 12.1 Å². The summed E-state index contributed by atoms with van der Waals surface area (Å²) in [4.78, 5) is 24.2. The van der Waals surface area contributed by atoms with Gasteiger partial charge in [-0.3, -0.25) is 14.9 Å². The van der Waals surface area contributed by atoms with Crippen LogP contribution in [0.25, 0.3) is 0 Å². The maximum absolute atomic E-state index is 13.4. The van der Waals surface area contributed by atoms with Gasteiger partial charge in [0.05, 0.1) is 22.8 Å². The Morgan fingerprint density at radius 2 is 1.96 bits per heavy atom. The van der Waals surface area contributed by atoms with Crippen LogP contribution in [0.3, 0.4) is 0 Å². The number of non-ortho nitro benzene ring substituents is 1. The highest BCUT2D eigenvalue weighted by molar-refractivity contribution is 6.04. The molecule has 0 spiro atoms. The third-order valence-corrected chi connectivity index (χ3v) is 3.75. The van der Waals surface area contributed by atoms with Crippen molar-refractivity contribution in [2.24, 2.45) is 0 Å². The first kappa shape index (κ1) is 15.0. The highest BCUT2D eigenvalue weighted by atomic mass is 19.1. The first-order valence-corrected chi connectivity index (χ1v) is 7.06.